The Kier molecular flexibility index (Phi) is 6.01. The Labute approximate surface area is 193 Å². The van der Waals surface area contributed by atoms with Crippen LogP contribution in [-0.4, -0.2) is 32.5 Å². The zero-order valence-electron chi connectivity index (χ0n) is 18.1. The normalized spacial score (nSPS) is 13.8. The monoisotopic (exact) mass is 433 g/mol. The van der Waals surface area contributed by atoms with Crippen molar-refractivity contribution >= 4 is 17.8 Å². The van der Waals surface area contributed by atoms with Crippen molar-refractivity contribution in [1.29, 1.82) is 5.26 Å². The van der Waals surface area contributed by atoms with Crippen LogP contribution in [0, 0.1) is 11.3 Å². The molecule has 162 valence electrons. The summed E-state index contributed by atoms with van der Waals surface area (Å²) in [5.41, 5.74) is 5.14. The van der Waals surface area contributed by atoms with Gasteiger partial charge in [0.25, 0.3) is 0 Å². The molecule has 0 saturated carbocycles. The smallest absolute Gasteiger partial charge is 0.238 e. The number of nitrogens with zero attached hydrogens (tertiary/aromatic N) is 3. The zero-order valence-corrected chi connectivity index (χ0v) is 18.1. The third-order valence-electron chi connectivity index (χ3n) is 5.70. The van der Waals surface area contributed by atoms with Gasteiger partial charge in [0.2, 0.25) is 5.88 Å². The minimum Gasteiger partial charge on any atom is -0.436 e. The van der Waals surface area contributed by atoms with E-state index in [0.717, 1.165) is 48.6 Å². The number of furan rings is 1. The van der Waals surface area contributed by atoms with E-state index in [4.69, 9.17) is 9.15 Å². The van der Waals surface area contributed by atoms with Crippen LogP contribution in [0.25, 0.3) is 22.5 Å². The predicted molar refractivity (Wildman–Crippen MR) is 131 cm³/mol. The molecule has 0 aliphatic carbocycles. The summed E-state index contributed by atoms with van der Waals surface area (Å²) in [5, 5.41) is 10.00. The van der Waals surface area contributed by atoms with Crippen LogP contribution in [0.3, 0.4) is 0 Å². The quantitative estimate of drug-likeness (QED) is 0.358. The fraction of sp³-hybridized carbons (Fsp3) is 0.143. The van der Waals surface area contributed by atoms with Crippen LogP contribution in [0.15, 0.2) is 94.3 Å². The highest BCUT2D eigenvalue weighted by atomic mass is 16.5. The van der Waals surface area contributed by atoms with Crippen LogP contribution in [0.1, 0.15) is 11.1 Å². The molecule has 2 heterocycles. The Bertz CT molecular complexity index is 1280. The van der Waals surface area contributed by atoms with Crippen LogP contribution in [-0.2, 0) is 4.74 Å². The van der Waals surface area contributed by atoms with E-state index in [1.165, 1.54) is 5.69 Å². The maximum absolute atomic E-state index is 10.00. The molecule has 33 heavy (non-hydrogen) atoms. The molecule has 0 N–H and O–H groups in total. The molecule has 1 aromatic heterocycles. The average molecular weight is 434 g/mol. The van der Waals surface area contributed by atoms with Gasteiger partial charge in [0.15, 0.2) is 0 Å². The van der Waals surface area contributed by atoms with Crippen LogP contribution >= 0.6 is 0 Å². The molecule has 1 aliphatic rings. The zero-order chi connectivity index (χ0) is 22.5. The minimum absolute atomic E-state index is 0.312. The highest BCUT2D eigenvalue weighted by Crippen LogP contribution is 2.42. The number of aliphatic imine (C=N–C) groups is 1. The average Bonchev–Trinajstić information content (AvgIpc) is 3.28. The van der Waals surface area contributed by atoms with Crippen LogP contribution in [0.2, 0.25) is 0 Å². The van der Waals surface area contributed by atoms with Gasteiger partial charge in [-0.25, -0.2) is 4.99 Å². The fourth-order valence-corrected chi connectivity index (χ4v) is 4.01. The molecular weight excluding hydrogens is 410 g/mol. The largest absolute Gasteiger partial charge is 0.436 e. The Hall–Kier alpha value is -4.14. The molecule has 0 atom stereocenters. The lowest BCUT2D eigenvalue weighted by Gasteiger charge is -2.28. The first-order chi connectivity index (χ1) is 16.3. The molecule has 0 spiro atoms. The van der Waals surface area contributed by atoms with Gasteiger partial charge in [-0.3, -0.25) is 0 Å². The van der Waals surface area contributed by atoms with Crippen molar-refractivity contribution < 1.29 is 9.15 Å². The minimum atomic E-state index is 0.312. The van der Waals surface area contributed by atoms with E-state index in [-0.39, 0.29) is 0 Å². The number of ether oxygens (including phenoxy) is 1. The van der Waals surface area contributed by atoms with E-state index in [1.807, 2.05) is 72.8 Å². The third kappa shape index (κ3) is 4.43. The highest BCUT2D eigenvalue weighted by molar-refractivity contribution is 5.90. The van der Waals surface area contributed by atoms with E-state index in [0.29, 0.717) is 17.2 Å². The molecule has 0 amide bonds. The van der Waals surface area contributed by atoms with Gasteiger partial charge in [0, 0.05) is 36.1 Å². The Morgan fingerprint density at radius 1 is 0.818 bits per heavy atom. The van der Waals surface area contributed by atoms with Gasteiger partial charge in [-0.2, -0.15) is 5.26 Å². The summed E-state index contributed by atoms with van der Waals surface area (Å²) >= 11 is 0. The molecule has 0 unspecified atom stereocenters. The van der Waals surface area contributed by atoms with Crippen molar-refractivity contribution in [2.45, 2.75) is 0 Å². The van der Waals surface area contributed by atoms with Crippen molar-refractivity contribution in [3.8, 4) is 28.5 Å². The topological polar surface area (TPSA) is 61.8 Å². The van der Waals surface area contributed by atoms with Gasteiger partial charge in [-0.1, -0.05) is 72.8 Å². The first-order valence-corrected chi connectivity index (χ1v) is 11.0. The number of benzene rings is 3. The standard InChI is InChI=1S/C28H23N3O2/c29-19-25-26(22-7-3-1-4-8-22)27(23-9-5-2-6-10-23)33-28(25)30-20-21-11-13-24(14-12-21)31-15-17-32-18-16-31/h1-14,20H,15-18H2. The number of rotatable bonds is 5. The molecule has 1 saturated heterocycles. The Balaban J connectivity index is 1.50. The summed E-state index contributed by atoms with van der Waals surface area (Å²) in [6.07, 6.45) is 1.74. The number of anilines is 1. The molecule has 0 bridgehead atoms. The maximum Gasteiger partial charge on any atom is 0.238 e. The summed E-state index contributed by atoms with van der Waals surface area (Å²) in [5.74, 6) is 0.959. The predicted octanol–water partition coefficient (Wildman–Crippen LogP) is 6.07. The van der Waals surface area contributed by atoms with E-state index in [2.05, 4.69) is 28.1 Å². The lowest BCUT2D eigenvalue weighted by atomic mass is 9.98. The molecule has 1 aliphatic heterocycles. The molecule has 5 heteroatoms. The van der Waals surface area contributed by atoms with Gasteiger partial charge in [0.1, 0.15) is 17.4 Å². The van der Waals surface area contributed by atoms with Gasteiger partial charge in [-0.15, -0.1) is 0 Å². The summed E-state index contributed by atoms with van der Waals surface area (Å²) in [6.45, 7) is 3.31. The van der Waals surface area contributed by atoms with Gasteiger partial charge < -0.3 is 14.1 Å². The number of morpholine rings is 1. The summed E-state index contributed by atoms with van der Waals surface area (Å²) in [6, 6.07) is 30.2. The lowest BCUT2D eigenvalue weighted by Crippen LogP contribution is -2.36. The maximum atomic E-state index is 10.00. The third-order valence-corrected chi connectivity index (χ3v) is 5.70. The van der Waals surface area contributed by atoms with Gasteiger partial charge >= 0.3 is 0 Å². The SMILES string of the molecule is N#Cc1c(N=Cc2ccc(N3CCOCC3)cc2)oc(-c2ccccc2)c1-c1ccccc1. The molecule has 4 aromatic rings. The molecule has 5 nitrogen and oxygen atoms in total. The Morgan fingerprint density at radius 2 is 1.45 bits per heavy atom. The molecule has 1 fully saturated rings. The van der Waals surface area contributed by atoms with E-state index >= 15 is 0 Å². The van der Waals surface area contributed by atoms with Crippen molar-refractivity contribution in [3.63, 3.8) is 0 Å². The number of hydrogen-bond acceptors (Lipinski definition) is 5. The van der Waals surface area contributed by atoms with Crippen molar-refractivity contribution in [2.24, 2.45) is 4.99 Å². The summed E-state index contributed by atoms with van der Waals surface area (Å²) in [7, 11) is 0. The lowest BCUT2D eigenvalue weighted by molar-refractivity contribution is 0.122. The second-order valence-corrected chi connectivity index (χ2v) is 7.78. The molecule has 3 aromatic carbocycles. The molecule has 5 rings (SSSR count). The van der Waals surface area contributed by atoms with Crippen molar-refractivity contribution in [2.75, 3.05) is 31.2 Å². The summed E-state index contributed by atoms with van der Waals surface area (Å²) in [4.78, 5) is 6.88. The van der Waals surface area contributed by atoms with Crippen molar-refractivity contribution in [1.82, 2.24) is 0 Å². The van der Waals surface area contributed by atoms with Crippen LogP contribution in [0.5, 0.6) is 0 Å². The summed E-state index contributed by atoms with van der Waals surface area (Å²) < 4.78 is 11.6. The van der Waals surface area contributed by atoms with Crippen LogP contribution < -0.4 is 4.90 Å². The van der Waals surface area contributed by atoms with E-state index < -0.39 is 0 Å². The van der Waals surface area contributed by atoms with E-state index in [1.54, 1.807) is 6.21 Å². The molecular formula is C28H23N3O2. The fourth-order valence-electron chi connectivity index (χ4n) is 4.01. The number of nitriles is 1. The van der Waals surface area contributed by atoms with Gasteiger partial charge in [0.05, 0.1) is 13.2 Å². The highest BCUT2D eigenvalue weighted by Gasteiger charge is 2.22. The second kappa shape index (κ2) is 9.56. The van der Waals surface area contributed by atoms with Crippen molar-refractivity contribution in [3.05, 3.63) is 96.1 Å². The van der Waals surface area contributed by atoms with Gasteiger partial charge in [-0.05, 0) is 23.3 Å². The molecule has 0 radical (unpaired) electrons. The second-order valence-electron chi connectivity index (χ2n) is 7.78. The van der Waals surface area contributed by atoms with E-state index in [9.17, 15) is 5.26 Å². The Morgan fingerprint density at radius 3 is 2.09 bits per heavy atom. The number of hydrogen-bond donors (Lipinski definition) is 0. The first-order valence-electron chi connectivity index (χ1n) is 11.0. The first kappa shape index (κ1) is 20.7. The van der Waals surface area contributed by atoms with Crippen LogP contribution in [0.4, 0.5) is 11.6 Å².